The Kier molecular flexibility index (Phi) is 5.39. The van der Waals surface area contributed by atoms with Gasteiger partial charge in [0.1, 0.15) is 5.82 Å². The smallest absolute Gasteiger partial charge is 0.264 e. The van der Waals surface area contributed by atoms with Crippen LogP contribution in [-0.4, -0.2) is 16.7 Å². The highest BCUT2D eigenvalue weighted by molar-refractivity contribution is 7.12. The molecular formula is C22H18ClFN2O2S. The lowest BCUT2D eigenvalue weighted by Crippen LogP contribution is -2.34. The molecule has 0 fully saturated rings. The highest BCUT2D eigenvalue weighted by atomic mass is 35.5. The minimum atomic E-state index is -0.551. The number of nitrogens with zero attached hydrogens (tertiary/aromatic N) is 1. The van der Waals surface area contributed by atoms with Gasteiger partial charge in [-0.05, 0) is 59.2 Å². The summed E-state index contributed by atoms with van der Waals surface area (Å²) in [4.78, 5) is 27.5. The molecule has 0 aliphatic heterocycles. The van der Waals surface area contributed by atoms with Gasteiger partial charge in [0.25, 0.3) is 5.91 Å². The second-order valence-electron chi connectivity index (χ2n) is 6.94. The van der Waals surface area contributed by atoms with Gasteiger partial charge in [-0.25, -0.2) is 4.39 Å². The van der Waals surface area contributed by atoms with Crippen LogP contribution in [0.5, 0.6) is 0 Å². The standard InChI is InChI=1S/C22H18ClFN2O2S/c23-14-10-17-16(18(24)11-14)7-8-19(17)26(22(28)20-6-3-9-29-20)12-13-4-1-2-5-15(13)21(25)27/h1-6,9-11,19H,7-8,12H2,(H2,25,27)/t19-/m1/s1. The maximum Gasteiger partial charge on any atom is 0.264 e. The molecule has 29 heavy (non-hydrogen) atoms. The van der Waals surface area contributed by atoms with Gasteiger partial charge in [-0.1, -0.05) is 35.9 Å². The van der Waals surface area contributed by atoms with E-state index < -0.39 is 5.91 Å². The van der Waals surface area contributed by atoms with E-state index in [0.29, 0.717) is 39.4 Å². The average molecular weight is 429 g/mol. The highest BCUT2D eigenvalue weighted by Gasteiger charge is 2.34. The number of benzene rings is 2. The van der Waals surface area contributed by atoms with E-state index in [-0.39, 0.29) is 24.3 Å². The lowest BCUT2D eigenvalue weighted by molar-refractivity contribution is 0.0661. The number of carbonyl (C=O) groups excluding carboxylic acids is 2. The van der Waals surface area contributed by atoms with Crippen molar-refractivity contribution in [3.05, 3.63) is 91.9 Å². The van der Waals surface area contributed by atoms with E-state index in [1.54, 1.807) is 41.3 Å². The van der Waals surface area contributed by atoms with Crippen molar-refractivity contribution in [3.63, 3.8) is 0 Å². The van der Waals surface area contributed by atoms with E-state index in [1.165, 1.54) is 17.4 Å². The molecule has 0 saturated carbocycles. The SMILES string of the molecule is NC(=O)c1ccccc1CN(C(=O)c1cccs1)[C@@H]1CCc2c(F)cc(Cl)cc21. The van der Waals surface area contributed by atoms with Crippen molar-refractivity contribution >= 4 is 34.8 Å². The second-order valence-corrected chi connectivity index (χ2v) is 8.33. The normalized spacial score (nSPS) is 15.2. The van der Waals surface area contributed by atoms with Crippen molar-refractivity contribution in [2.45, 2.75) is 25.4 Å². The molecule has 1 heterocycles. The highest BCUT2D eigenvalue weighted by Crippen LogP contribution is 2.40. The van der Waals surface area contributed by atoms with Crippen molar-refractivity contribution in [3.8, 4) is 0 Å². The number of fused-ring (bicyclic) bond motifs is 1. The average Bonchev–Trinajstić information content (AvgIpc) is 3.36. The van der Waals surface area contributed by atoms with Crippen LogP contribution in [0.1, 0.15) is 49.2 Å². The third-order valence-electron chi connectivity index (χ3n) is 5.21. The summed E-state index contributed by atoms with van der Waals surface area (Å²) in [6.45, 7) is 0.189. The zero-order valence-electron chi connectivity index (χ0n) is 15.4. The predicted molar refractivity (Wildman–Crippen MR) is 112 cm³/mol. The maximum atomic E-state index is 14.4. The number of hydrogen-bond acceptors (Lipinski definition) is 3. The van der Waals surface area contributed by atoms with Crippen LogP contribution in [0.15, 0.2) is 53.9 Å². The van der Waals surface area contributed by atoms with Crippen molar-refractivity contribution in [1.29, 1.82) is 0 Å². The quantitative estimate of drug-likeness (QED) is 0.623. The second kappa shape index (κ2) is 7.97. The summed E-state index contributed by atoms with van der Waals surface area (Å²) >= 11 is 7.45. The predicted octanol–water partition coefficient (Wildman–Crippen LogP) is 4.97. The van der Waals surface area contributed by atoms with Crippen LogP contribution in [0.4, 0.5) is 4.39 Å². The Morgan fingerprint density at radius 2 is 2.00 bits per heavy atom. The lowest BCUT2D eigenvalue weighted by atomic mass is 10.0. The molecule has 1 aliphatic carbocycles. The van der Waals surface area contributed by atoms with Crippen LogP contribution in [-0.2, 0) is 13.0 Å². The van der Waals surface area contributed by atoms with Crippen LogP contribution in [0.3, 0.4) is 0 Å². The summed E-state index contributed by atoms with van der Waals surface area (Å²) in [5, 5.41) is 2.14. The monoisotopic (exact) mass is 428 g/mol. The fourth-order valence-corrected chi connectivity index (χ4v) is 4.78. The summed E-state index contributed by atoms with van der Waals surface area (Å²) in [5.41, 5.74) is 7.85. The summed E-state index contributed by atoms with van der Waals surface area (Å²) < 4.78 is 14.4. The number of nitrogens with two attached hydrogens (primary N) is 1. The van der Waals surface area contributed by atoms with Gasteiger partial charge < -0.3 is 10.6 Å². The molecule has 2 amide bonds. The Balaban J connectivity index is 1.78. The first-order valence-corrected chi connectivity index (χ1v) is 10.4. The molecule has 0 bridgehead atoms. The lowest BCUT2D eigenvalue weighted by Gasteiger charge is -2.30. The number of rotatable bonds is 5. The molecule has 1 aliphatic rings. The Morgan fingerprint density at radius 1 is 1.21 bits per heavy atom. The zero-order chi connectivity index (χ0) is 20.5. The summed E-state index contributed by atoms with van der Waals surface area (Å²) in [5.74, 6) is -1.07. The Bertz CT molecular complexity index is 1080. The molecule has 1 atom stereocenters. The molecule has 3 aromatic rings. The fraction of sp³-hybridized carbons (Fsp3) is 0.182. The van der Waals surface area contributed by atoms with Crippen LogP contribution < -0.4 is 5.73 Å². The molecule has 4 nitrogen and oxygen atoms in total. The molecule has 0 spiro atoms. The van der Waals surface area contributed by atoms with E-state index in [2.05, 4.69) is 0 Å². The molecule has 2 aromatic carbocycles. The first-order valence-electron chi connectivity index (χ1n) is 9.15. The molecule has 0 saturated heterocycles. The van der Waals surface area contributed by atoms with Crippen LogP contribution in [0.2, 0.25) is 5.02 Å². The molecule has 148 valence electrons. The van der Waals surface area contributed by atoms with Gasteiger partial charge in [-0.15, -0.1) is 11.3 Å². The van der Waals surface area contributed by atoms with Crippen molar-refractivity contribution in [1.82, 2.24) is 4.90 Å². The van der Waals surface area contributed by atoms with E-state index in [0.717, 1.165) is 5.56 Å². The van der Waals surface area contributed by atoms with Gasteiger partial charge in [0.15, 0.2) is 0 Å². The van der Waals surface area contributed by atoms with Gasteiger partial charge in [0, 0.05) is 17.1 Å². The van der Waals surface area contributed by atoms with E-state index in [9.17, 15) is 14.0 Å². The molecule has 4 rings (SSSR count). The van der Waals surface area contributed by atoms with Gasteiger partial charge in [-0.3, -0.25) is 9.59 Å². The number of thiophene rings is 1. The Hall–Kier alpha value is -2.70. The minimum absolute atomic E-state index is 0.169. The number of amides is 2. The topological polar surface area (TPSA) is 63.4 Å². The molecule has 7 heteroatoms. The maximum absolute atomic E-state index is 14.4. The van der Waals surface area contributed by atoms with Crippen molar-refractivity contribution in [2.75, 3.05) is 0 Å². The van der Waals surface area contributed by atoms with Crippen LogP contribution in [0, 0.1) is 5.82 Å². The molecule has 2 N–H and O–H groups in total. The largest absolute Gasteiger partial charge is 0.366 e. The van der Waals surface area contributed by atoms with Gasteiger partial charge >= 0.3 is 0 Å². The Morgan fingerprint density at radius 3 is 2.72 bits per heavy atom. The van der Waals surface area contributed by atoms with Gasteiger partial charge in [0.05, 0.1) is 10.9 Å². The third kappa shape index (κ3) is 3.78. The molecule has 0 unspecified atom stereocenters. The van der Waals surface area contributed by atoms with E-state index in [1.807, 2.05) is 11.4 Å². The minimum Gasteiger partial charge on any atom is -0.366 e. The van der Waals surface area contributed by atoms with E-state index in [4.69, 9.17) is 17.3 Å². The number of primary amides is 1. The summed E-state index contributed by atoms with van der Waals surface area (Å²) in [6, 6.07) is 13.2. The number of halogens is 2. The Labute approximate surface area is 176 Å². The van der Waals surface area contributed by atoms with Gasteiger partial charge in [-0.2, -0.15) is 0 Å². The third-order valence-corrected chi connectivity index (χ3v) is 6.29. The van der Waals surface area contributed by atoms with Crippen molar-refractivity contribution in [2.24, 2.45) is 5.73 Å². The fourth-order valence-electron chi connectivity index (χ4n) is 3.89. The van der Waals surface area contributed by atoms with Gasteiger partial charge in [0.2, 0.25) is 5.91 Å². The first-order chi connectivity index (χ1) is 14.0. The molecular weight excluding hydrogens is 411 g/mol. The number of carbonyl (C=O) groups is 2. The summed E-state index contributed by atoms with van der Waals surface area (Å²) in [6.07, 6.45) is 1.11. The van der Waals surface area contributed by atoms with E-state index >= 15 is 0 Å². The zero-order valence-corrected chi connectivity index (χ0v) is 17.0. The first kappa shape index (κ1) is 19.6. The number of hydrogen-bond donors (Lipinski definition) is 1. The van der Waals surface area contributed by atoms with Crippen LogP contribution >= 0.6 is 22.9 Å². The summed E-state index contributed by atoms with van der Waals surface area (Å²) in [7, 11) is 0. The van der Waals surface area contributed by atoms with Crippen molar-refractivity contribution < 1.29 is 14.0 Å². The molecule has 1 aromatic heterocycles. The molecule has 0 radical (unpaired) electrons. The van der Waals surface area contributed by atoms with Crippen LogP contribution in [0.25, 0.3) is 0 Å².